The first kappa shape index (κ1) is 86.5. The number of carbonyl (C=O) groups is 12. The number of likely N-dealkylation sites (N-methyl/N-ethyl adjacent to an activating group) is 7. The molecule has 1 spiro atoms. The van der Waals surface area contributed by atoms with E-state index in [0.29, 0.717) is 56.9 Å². The molecule has 3 N–H and O–H groups in total. The van der Waals surface area contributed by atoms with Crippen molar-refractivity contribution >= 4 is 82.5 Å². The number of hydrogen-bond donors (Lipinski definition) is 3. The summed E-state index contributed by atoms with van der Waals surface area (Å²) < 4.78 is 84.7. The van der Waals surface area contributed by atoms with Crippen LogP contribution >= 0.6 is 11.6 Å². The second-order valence-electron chi connectivity index (χ2n) is 32.3. The van der Waals surface area contributed by atoms with Crippen LogP contribution in [0.4, 0.5) is 26.3 Å². The van der Waals surface area contributed by atoms with Crippen molar-refractivity contribution in [3.8, 4) is 0 Å². The predicted octanol–water partition coefficient (Wildman–Crippen LogP) is 7.44. The summed E-state index contributed by atoms with van der Waals surface area (Å²) in [6.45, 7) is 7.48. The van der Waals surface area contributed by atoms with Crippen LogP contribution in [0.2, 0.25) is 0 Å². The molecule has 0 radical (unpaired) electrons. The summed E-state index contributed by atoms with van der Waals surface area (Å²) in [6, 6.07) is -10.6. The van der Waals surface area contributed by atoms with Crippen LogP contribution < -0.4 is 16.0 Å². The lowest BCUT2D eigenvalue weighted by Crippen LogP contribution is -2.65. The minimum absolute atomic E-state index is 0.00468. The first-order chi connectivity index (χ1) is 49.6. The summed E-state index contributed by atoms with van der Waals surface area (Å²) in [5, 5.41) is 7.43. The average molecular weight is 1530 g/mol. The quantitative estimate of drug-likeness (QED) is 0.104. The van der Waals surface area contributed by atoms with Gasteiger partial charge in [-0.15, -0.1) is 11.6 Å². The van der Waals surface area contributed by atoms with E-state index in [9.17, 15) is 55.1 Å². The second-order valence-corrected chi connectivity index (χ2v) is 32.9. The number of rotatable bonds is 11. The van der Waals surface area contributed by atoms with Crippen molar-refractivity contribution in [1.82, 2.24) is 60.0 Å². The van der Waals surface area contributed by atoms with E-state index in [4.69, 9.17) is 11.6 Å². The summed E-state index contributed by atoms with van der Waals surface area (Å²) in [6.07, 6.45) is -3.90. The minimum atomic E-state index is -4.56. The Labute approximate surface area is 626 Å². The summed E-state index contributed by atoms with van der Waals surface area (Å²) in [4.78, 5) is 192. The van der Waals surface area contributed by atoms with Gasteiger partial charge in [0.2, 0.25) is 70.9 Å². The van der Waals surface area contributed by atoms with E-state index in [1.165, 1.54) is 85.8 Å². The Hall–Kier alpha value is -6.75. The third kappa shape index (κ3) is 21.2. The third-order valence-corrected chi connectivity index (χ3v) is 24.6. The highest BCUT2D eigenvalue weighted by atomic mass is 35.5. The van der Waals surface area contributed by atoms with Gasteiger partial charge in [0.05, 0.1) is 31.3 Å². The van der Waals surface area contributed by atoms with Crippen LogP contribution in [0, 0.1) is 41.4 Å². The monoisotopic (exact) mass is 1530 g/mol. The maximum Gasteiger partial charge on any atom is 0.393 e. The molecule has 24 nitrogen and oxygen atoms in total. The van der Waals surface area contributed by atoms with Crippen molar-refractivity contribution in [3.05, 3.63) is 11.6 Å². The molecule has 6 fully saturated rings. The number of nitrogens with zero attached hydrogens (tertiary/aromatic N) is 9. The van der Waals surface area contributed by atoms with Crippen molar-refractivity contribution in [1.29, 1.82) is 0 Å². The van der Waals surface area contributed by atoms with Gasteiger partial charge in [-0.05, 0) is 159 Å². The molecular formula is C75H117ClF6N12O12. The maximum atomic E-state index is 15.6. The smallest absolute Gasteiger partial charge is 0.347 e. The van der Waals surface area contributed by atoms with Crippen molar-refractivity contribution in [2.24, 2.45) is 41.4 Å². The fourth-order valence-corrected chi connectivity index (χ4v) is 17.8. The summed E-state index contributed by atoms with van der Waals surface area (Å²) in [5.41, 5.74) is -0.903. The van der Waals surface area contributed by atoms with Crippen molar-refractivity contribution in [2.45, 2.75) is 267 Å². The molecule has 12 atom stereocenters. The number of hydrogen-bond acceptors (Lipinski definition) is 12. The van der Waals surface area contributed by atoms with Crippen LogP contribution in [0.5, 0.6) is 0 Å². The molecule has 0 aromatic heterocycles. The standard InChI is InChI=1S/C75H117ClF6N12O12/c1-14-46(5)62-70(104)88(9)43-61(97)90(11)56-38-45(4)21-19-35-94(69(56)103)58(40-48-25-29-50(30-26-48)74(77,78)79)68(102)87(8)42-59(95)83-53(32-28-47-27-31-51(52(76)39-47)75(80,81)82)66(100)93-36-20-24-54(93)65(99)85-73(33-17-18-34-73)72(106)92(13)63(49-22-15-16-23-49)71(105)91(12)57(67(101)86(6)7)41-60(96)89(10)55(37-44(2)3)64(98)84-62/h21,44,46-58,62-63H,14-20,22-43H2,1-13H3,(H,83,95)(H,84,98)(H,85,99)/b45-21-/t46-,47?,48?,50?,51?,52?,53-,54-,55-,56-,57-,58-,62-,63-/m0/s1. The number of halogens is 7. The molecule has 3 heterocycles. The molecule has 3 unspecified atom stereocenters. The number of fused-ring (bicyclic) bond motifs is 3. The zero-order chi connectivity index (χ0) is 78.8. The normalized spacial score (nSPS) is 31.3. The zero-order valence-corrected chi connectivity index (χ0v) is 65.1. The lowest BCUT2D eigenvalue weighted by atomic mass is 9.78. The lowest BCUT2D eigenvalue weighted by Gasteiger charge is -2.42. The minimum Gasteiger partial charge on any atom is -0.347 e. The van der Waals surface area contributed by atoms with Crippen molar-refractivity contribution in [3.63, 3.8) is 0 Å². The molecule has 12 amide bonds. The van der Waals surface area contributed by atoms with Gasteiger partial charge in [-0.2, -0.15) is 26.3 Å². The topological polar surface area (TPSA) is 270 Å². The van der Waals surface area contributed by atoms with Gasteiger partial charge >= 0.3 is 12.4 Å². The van der Waals surface area contributed by atoms with Gasteiger partial charge in [-0.25, -0.2) is 0 Å². The Morgan fingerprint density at radius 1 is 0.623 bits per heavy atom. The molecule has 106 heavy (non-hydrogen) atoms. The summed E-state index contributed by atoms with van der Waals surface area (Å²) >= 11 is 6.41. The molecule has 3 aliphatic heterocycles. The van der Waals surface area contributed by atoms with E-state index in [2.05, 4.69) is 16.0 Å². The van der Waals surface area contributed by atoms with Crippen LogP contribution in [0.15, 0.2) is 11.6 Å². The van der Waals surface area contributed by atoms with Gasteiger partial charge in [-0.1, -0.05) is 71.4 Å². The maximum absolute atomic E-state index is 15.6. The Kier molecular flexibility index (Phi) is 30.3. The van der Waals surface area contributed by atoms with Crippen molar-refractivity contribution < 1.29 is 83.9 Å². The first-order valence-electron chi connectivity index (χ1n) is 38.3. The van der Waals surface area contributed by atoms with Crippen LogP contribution in [-0.4, -0.2) is 269 Å². The third-order valence-electron chi connectivity index (χ3n) is 24.1. The molecule has 0 aromatic rings. The molecule has 31 heteroatoms. The largest absolute Gasteiger partial charge is 0.393 e. The van der Waals surface area contributed by atoms with E-state index in [0.717, 1.165) is 14.7 Å². The van der Waals surface area contributed by atoms with Gasteiger partial charge in [0.15, 0.2) is 0 Å². The molecule has 0 aromatic carbocycles. The van der Waals surface area contributed by atoms with Crippen molar-refractivity contribution in [2.75, 3.05) is 82.6 Å². The Morgan fingerprint density at radius 2 is 1.25 bits per heavy atom. The zero-order valence-electron chi connectivity index (χ0n) is 64.4. The number of carbonyl (C=O) groups excluding carboxylic acids is 12. The van der Waals surface area contributed by atoms with Gasteiger partial charge in [0.25, 0.3) is 0 Å². The molecule has 7 aliphatic rings. The van der Waals surface area contributed by atoms with Gasteiger partial charge in [-0.3, -0.25) is 57.5 Å². The molecule has 4 saturated carbocycles. The SMILES string of the molecule is CC[C@H](C)[C@@H]1NC(=O)[C@H](CC(C)C)N(C)C(=O)C[C@@H](C(=O)N(C)C)N(C)C(=O)[C@H](C2CCCC2)N(C)C(=O)C2(CCCC2)NC(=O)[C@@H]2CCCN2C(=O)[C@H](CCC2CCC(C(F)(F)F)C(Cl)C2)NC(=O)CN(C)C(=O)[C@H](CC2CCC(C(F)(F)F)CC2)N2CC/C=C(/C)C[C@@H](C2=O)N(C)C(=O)CN(C)C1=O. The first-order valence-corrected chi connectivity index (χ1v) is 38.8. The molecule has 7 rings (SSSR count). The lowest BCUT2D eigenvalue weighted by molar-refractivity contribution is -0.184. The second kappa shape index (κ2) is 37.1. The van der Waals surface area contributed by atoms with Gasteiger partial charge < -0.3 is 60.0 Å². The van der Waals surface area contributed by atoms with E-state index in [1.54, 1.807) is 20.8 Å². The molecule has 4 aliphatic carbocycles. The van der Waals surface area contributed by atoms with Gasteiger partial charge in [0.1, 0.15) is 53.9 Å². The Balaban J connectivity index is 1.31. The fraction of sp³-hybridized carbons (Fsp3) is 0.813. The van der Waals surface area contributed by atoms with Crippen LogP contribution in [0.25, 0.3) is 0 Å². The Bertz CT molecular complexity index is 3190. The highest BCUT2D eigenvalue weighted by Gasteiger charge is 2.53. The van der Waals surface area contributed by atoms with Crippen LogP contribution in [0.3, 0.4) is 0 Å². The predicted molar refractivity (Wildman–Crippen MR) is 384 cm³/mol. The highest BCUT2D eigenvalue weighted by molar-refractivity contribution is 6.21. The van der Waals surface area contributed by atoms with Crippen LogP contribution in [0.1, 0.15) is 195 Å². The van der Waals surface area contributed by atoms with E-state index >= 15 is 28.8 Å². The summed E-state index contributed by atoms with van der Waals surface area (Å²) in [5.74, 6) is -14.1. The van der Waals surface area contributed by atoms with E-state index in [-0.39, 0.29) is 122 Å². The highest BCUT2D eigenvalue weighted by Crippen LogP contribution is 2.45. The molecule has 598 valence electrons. The number of amides is 12. The van der Waals surface area contributed by atoms with Gasteiger partial charge in [0, 0.05) is 74.8 Å². The fourth-order valence-electron chi connectivity index (χ4n) is 17.3. The molecule has 2 saturated heterocycles. The van der Waals surface area contributed by atoms with E-state index in [1.807, 2.05) is 19.9 Å². The Morgan fingerprint density at radius 3 is 1.83 bits per heavy atom. The summed E-state index contributed by atoms with van der Waals surface area (Å²) in [7, 11) is 11.2. The van der Waals surface area contributed by atoms with E-state index < -0.39 is 198 Å². The number of alkyl halides is 7. The molecule has 2 bridgehead atoms. The average Bonchev–Trinajstić information content (AvgIpc) is 1.56. The number of nitrogens with one attached hydrogen (secondary N) is 3. The molecular weight excluding hydrogens is 1410 g/mol. The van der Waals surface area contributed by atoms with Crippen LogP contribution in [-0.2, 0) is 57.5 Å².